The van der Waals surface area contributed by atoms with E-state index in [0.29, 0.717) is 0 Å². The van der Waals surface area contributed by atoms with Gasteiger partial charge in [-0.25, -0.2) is 9.97 Å². The van der Waals surface area contributed by atoms with Crippen molar-refractivity contribution in [1.29, 1.82) is 0 Å². The largest absolute Gasteiger partial charge is 0.457 e. The van der Waals surface area contributed by atoms with Crippen molar-refractivity contribution in [3.63, 3.8) is 0 Å². The lowest BCUT2D eigenvalue weighted by molar-refractivity contribution is 0.484. The van der Waals surface area contributed by atoms with Crippen molar-refractivity contribution in [3.05, 3.63) is 157 Å². The normalized spacial score (nSPS) is 12.1. The zero-order chi connectivity index (χ0) is 33.8. The Bertz CT molecular complexity index is 3240. The zero-order valence-corrected chi connectivity index (χ0v) is 28.1. The van der Waals surface area contributed by atoms with Crippen molar-refractivity contribution < 1.29 is 4.74 Å². The van der Waals surface area contributed by atoms with Crippen LogP contribution in [0.3, 0.4) is 0 Å². The molecule has 0 saturated heterocycles. The third-order valence-electron chi connectivity index (χ3n) is 10.6. The number of imidazole rings is 2. The van der Waals surface area contributed by atoms with Crippen LogP contribution in [0.15, 0.2) is 146 Å². The number of pyridine rings is 2. The molecular formula is C46H30N4O. The minimum atomic E-state index is 0.756. The van der Waals surface area contributed by atoms with E-state index in [1.165, 1.54) is 33.0 Å². The number of aromatic nitrogens is 4. The van der Waals surface area contributed by atoms with Crippen LogP contribution >= 0.6 is 0 Å². The first-order valence-electron chi connectivity index (χ1n) is 17.3. The lowest BCUT2D eigenvalue weighted by Gasteiger charge is -2.15. The Hall–Kier alpha value is -6.72. The second kappa shape index (κ2) is 10.4. The summed E-state index contributed by atoms with van der Waals surface area (Å²) in [4.78, 5) is 10.3. The summed E-state index contributed by atoms with van der Waals surface area (Å²) in [5.74, 6) is 1.51. The molecule has 0 radical (unpaired) electrons. The molecule has 51 heavy (non-hydrogen) atoms. The van der Waals surface area contributed by atoms with Crippen molar-refractivity contribution in [2.24, 2.45) is 0 Å². The van der Waals surface area contributed by atoms with Gasteiger partial charge in [0, 0.05) is 21.5 Å². The molecule has 0 fully saturated rings. The molecule has 0 saturated carbocycles. The van der Waals surface area contributed by atoms with Gasteiger partial charge in [0.05, 0.1) is 33.1 Å². The maximum absolute atomic E-state index is 6.72. The van der Waals surface area contributed by atoms with Gasteiger partial charge in [-0.05, 0) is 126 Å². The molecule has 5 nitrogen and oxygen atoms in total. The van der Waals surface area contributed by atoms with Crippen LogP contribution in [-0.4, -0.2) is 18.8 Å². The van der Waals surface area contributed by atoms with Crippen molar-refractivity contribution in [3.8, 4) is 22.6 Å². The van der Waals surface area contributed by atoms with E-state index in [9.17, 15) is 0 Å². The predicted octanol–water partition coefficient (Wildman–Crippen LogP) is 12.0. The monoisotopic (exact) mass is 654 g/mol. The van der Waals surface area contributed by atoms with E-state index in [4.69, 9.17) is 14.7 Å². The standard InChI is InChI=1S/C46H30N4O/c1-27-10-9-11-28(2)44(27)29-18-23-41-35(24-29)33-22-20-31(26-37(33)46-48-39-14-5-8-17-43(39)50(41)46)51-30-19-21-32-34-12-3-6-15-40(34)49-42-16-7-4-13-38(42)47-45(49)36(32)25-30/h3-26H,1-2H3. The van der Waals surface area contributed by atoms with Crippen LogP contribution in [0.5, 0.6) is 11.5 Å². The highest BCUT2D eigenvalue weighted by Crippen LogP contribution is 2.40. The van der Waals surface area contributed by atoms with Gasteiger partial charge in [0.1, 0.15) is 22.8 Å². The van der Waals surface area contributed by atoms with Crippen LogP contribution in [-0.2, 0) is 0 Å². The molecule has 11 aromatic rings. The summed E-state index contributed by atoms with van der Waals surface area (Å²) in [6, 6.07) is 51.4. The lowest BCUT2D eigenvalue weighted by Crippen LogP contribution is -1.94. The molecule has 0 aliphatic carbocycles. The number of benzene rings is 7. The maximum atomic E-state index is 6.72. The fourth-order valence-corrected chi connectivity index (χ4v) is 8.32. The third kappa shape index (κ3) is 4.03. The van der Waals surface area contributed by atoms with Crippen LogP contribution in [0, 0.1) is 13.8 Å². The summed E-state index contributed by atoms with van der Waals surface area (Å²) in [6.45, 7) is 4.38. The van der Waals surface area contributed by atoms with Crippen molar-refractivity contribution in [1.82, 2.24) is 18.8 Å². The quantitative estimate of drug-likeness (QED) is 0.178. The molecular weight excluding hydrogens is 625 g/mol. The lowest BCUT2D eigenvalue weighted by atomic mass is 9.93. The first-order valence-corrected chi connectivity index (χ1v) is 17.3. The Morgan fingerprint density at radius 1 is 0.412 bits per heavy atom. The Morgan fingerprint density at radius 3 is 1.57 bits per heavy atom. The van der Waals surface area contributed by atoms with Crippen LogP contribution in [0.25, 0.3) is 87.8 Å². The minimum absolute atomic E-state index is 0.756. The van der Waals surface area contributed by atoms with Gasteiger partial charge >= 0.3 is 0 Å². The van der Waals surface area contributed by atoms with Crippen molar-refractivity contribution in [2.75, 3.05) is 0 Å². The van der Waals surface area contributed by atoms with Gasteiger partial charge in [-0.15, -0.1) is 0 Å². The van der Waals surface area contributed by atoms with Gasteiger partial charge in [0.15, 0.2) is 0 Å². The average Bonchev–Trinajstić information content (AvgIpc) is 3.75. The predicted molar refractivity (Wildman–Crippen MR) is 210 cm³/mol. The van der Waals surface area contributed by atoms with Crippen molar-refractivity contribution in [2.45, 2.75) is 13.8 Å². The van der Waals surface area contributed by atoms with Crippen LogP contribution in [0.1, 0.15) is 11.1 Å². The molecule has 4 aromatic heterocycles. The van der Waals surface area contributed by atoms with Gasteiger partial charge < -0.3 is 4.74 Å². The number of hydrogen-bond acceptors (Lipinski definition) is 3. The van der Waals surface area contributed by atoms with E-state index in [0.717, 1.165) is 77.4 Å². The number of ether oxygens (including phenoxy) is 1. The molecule has 0 N–H and O–H groups in total. The molecule has 11 rings (SSSR count). The Kier molecular flexibility index (Phi) is 5.74. The van der Waals surface area contributed by atoms with Gasteiger partial charge in [-0.1, -0.05) is 66.7 Å². The van der Waals surface area contributed by atoms with E-state index in [2.05, 4.69) is 162 Å². The molecule has 0 unspecified atom stereocenters. The third-order valence-corrected chi connectivity index (χ3v) is 10.6. The van der Waals surface area contributed by atoms with Crippen molar-refractivity contribution >= 4 is 76.7 Å². The van der Waals surface area contributed by atoms with E-state index in [1.54, 1.807) is 0 Å². The van der Waals surface area contributed by atoms with Gasteiger partial charge in [-0.2, -0.15) is 0 Å². The first-order chi connectivity index (χ1) is 25.1. The molecule has 4 heterocycles. The summed E-state index contributed by atoms with van der Waals surface area (Å²) in [7, 11) is 0. The average molecular weight is 655 g/mol. The molecule has 0 bridgehead atoms. The number of aryl methyl sites for hydroxylation is 2. The molecule has 0 atom stereocenters. The smallest absolute Gasteiger partial charge is 0.146 e. The van der Waals surface area contributed by atoms with E-state index in [-0.39, 0.29) is 0 Å². The number of hydrogen-bond donors (Lipinski definition) is 0. The summed E-state index contributed by atoms with van der Waals surface area (Å²) in [5.41, 5.74) is 13.3. The fraction of sp³-hybridized carbons (Fsp3) is 0.0435. The Labute approximate surface area is 292 Å². The molecule has 0 aliphatic heterocycles. The van der Waals surface area contributed by atoms with E-state index < -0.39 is 0 Å². The highest BCUT2D eigenvalue weighted by atomic mass is 16.5. The van der Waals surface area contributed by atoms with Gasteiger partial charge in [0.25, 0.3) is 0 Å². The highest BCUT2D eigenvalue weighted by Gasteiger charge is 2.18. The highest BCUT2D eigenvalue weighted by molar-refractivity contribution is 6.16. The Morgan fingerprint density at radius 2 is 0.941 bits per heavy atom. The first kappa shape index (κ1) is 28.2. The fourth-order valence-electron chi connectivity index (χ4n) is 8.32. The summed E-state index contributed by atoms with van der Waals surface area (Å²) >= 11 is 0. The number of rotatable bonds is 3. The molecule has 5 heteroatoms. The summed E-state index contributed by atoms with van der Waals surface area (Å²) < 4.78 is 11.3. The number of para-hydroxylation sites is 5. The summed E-state index contributed by atoms with van der Waals surface area (Å²) in [6.07, 6.45) is 0. The van der Waals surface area contributed by atoms with E-state index in [1.807, 2.05) is 6.07 Å². The SMILES string of the molecule is Cc1cccc(C)c1-c1ccc2c(c1)c1ccc(Oc3ccc4c5ccccc5n5c6ccccc6nc5c4c3)cc1c1nc3ccccc3n21. The van der Waals surface area contributed by atoms with Crippen LogP contribution in [0.2, 0.25) is 0 Å². The second-order valence-corrected chi connectivity index (χ2v) is 13.6. The van der Waals surface area contributed by atoms with E-state index >= 15 is 0 Å². The zero-order valence-electron chi connectivity index (χ0n) is 28.1. The van der Waals surface area contributed by atoms with Crippen LogP contribution < -0.4 is 4.74 Å². The second-order valence-electron chi connectivity index (χ2n) is 13.6. The maximum Gasteiger partial charge on any atom is 0.146 e. The number of fused-ring (bicyclic) bond motifs is 16. The number of nitrogens with zero attached hydrogens (tertiary/aromatic N) is 4. The van der Waals surface area contributed by atoms with Gasteiger partial charge in [0.2, 0.25) is 0 Å². The molecule has 0 aliphatic rings. The minimum Gasteiger partial charge on any atom is -0.457 e. The summed E-state index contributed by atoms with van der Waals surface area (Å²) in [5, 5.41) is 6.75. The Balaban J connectivity index is 1.13. The molecule has 7 aromatic carbocycles. The topological polar surface area (TPSA) is 43.8 Å². The molecule has 0 amide bonds. The molecule has 240 valence electrons. The van der Waals surface area contributed by atoms with Gasteiger partial charge in [-0.3, -0.25) is 8.80 Å². The van der Waals surface area contributed by atoms with Crippen LogP contribution in [0.4, 0.5) is 0 Å². The molecule has 0 spiro atoms.